The van der Waals surface area contributed by atoms with Crippen LogP contribution >= 0.6 is 34.9 Å². The minimum atomic E-state index is -0.568. The Morgan fingerprint density at radius 1 is 1.25 bits per heavy atom. The number of aromatic nitrogens is 2. The largest absolute Gasteiger partial charge is 0.205 e. The van der Waals surface area contributed by atoms with Crippen LogP contribution in [0.4, 0.5) is 4.39 Å². The lowest BCUT2D eigenvalue weighted by atomic mass is 10.3. The van der Waals surface area contributed by atoms with Gasteiger partial charge in [0.2, 0.25) is 0 Å². The summed E-state index contributed by atoms with van der Waals surface area (Å²) in [6.07, 6.45) is 0. The zero-order chi connectivity index (χ0) is 8.72. The van der Waals surface area contributed by atoms with E-state index < -0.39 is 5.82 Å². The van der Waals surface area contributed by atoms with Crippen LogP contribution in [0.5, 0.6) is 0 Å². The Balaban J connectivity index is 2.97. The van der Waals surface area contributed by atoms with Gasteiger partial charge in [0, 0.05) is 0 Å². The molecule has 0 saturated heterocycles. The van der Waals surface area contributed by atoms with Gasteiger partial charge < -0.3 is 0 Å². The molecule has 0 radical (unpaired) electrons. The van der Waals surface area contributed by atoms with Crippen LogP contribution in [0.3, 0.4) is 0 Å². The van der Waals surface area contributed by atoms with Gasteiger partial charge in [0.1, 0.15) is 21.9 Å². The van der Waals surface area contributed by atoms with Crippen molar-refractivity contribution < 1.29 is 4.39 Å². The van der Waals surface area contributed by atoms with Gasteiger partial charge in [-0.1, -0.05) is 23.2 Å². The first-order valence-corrected chi connectivity index (χ1v) is 4.44. The van der Waals surface area contributed by atoms with Crippen molar-refractivity contribution in [2.75, 3.05) is 0 Å². The maximum Gasteiger partial charge on any atom is 0.145 e. The molecule has 0 fully saturated rings. The molecule has 62 valence electrons. The van der Waals surface area contributed by atoms with Crippen molar-refractivity contribution in [3.05, 3.63) is 21.9 Å². The first-order valence-electron chi connectivity index (χ1n) is 2.96. The van der Waals surface area contributed by atoms with E-state index in [4.69, 9.17) is 23.2 Å². The number of benzene rings is 1. The number of nitrogens with zero attached hydrogens (tertiary/aromatic N) is 2. The normalized spacial score (nSPS) is 10.9. The molecule has 0 amide bonds. The summed E-state index contributed by atoms with van der Waals surface area (Å²) in [6.45, 7) is 0. The van der Waals surface area contributed by atoms with Crippen molar-refractivity contribution in [2.45, 2.75) is 0 Å². The van der Waals surface area contributed by atoms with Crippen LogP contribution in [0.1, 0.15) is 0 Å². The van der Waals surface area contributed by atoms with Crippen molar-refractivity contribution in [1.29, 1.82) is 0 Å². The summed E-state index contributed by atoms with van der Waals surface area (Å²) in [5.41, 5.74) is 0.778. The second kappa shape index (κ2) is 2.80. The van der Waals surface area contributed by atoms with E-state index in [1.54, 1.807) is 0 Å². The van der Waals surface area contributed by atoms with Gasteiger partial charge in [0.05, 0.1) is 16.8 Å². The Hall–Kier alpha value is -0.450. The van der Waals surface area contributed by atoms with Gasteiger partial charge in [-0.15, -0.1) is 0 Å². The number of halogens is 3. The molecule has 0 N–H and O–H groups in total. The van der Waals surface area contributed by atoms with Crippen LogP contribution in [0.25, 0.3) is 11.0 Å². The molecule has 0 saturated carbocycles. The molecular weight excluding hydrogens is 222 g/mol. The fourth-order valence-electron chi connectivity index (χ4n) is 0.845. The van der Waals surface area contributed by atoms with Crippen LogP contribution in [0, 0.1) is 5.82 Å². The Bertz CT molecular complexity index is 442. The molecule has 1 aromatic heterocycles. The zero-order valence-electron chi connectivity index (χ0n) is 5.51. The zero-order valence-corrected chi connectivity index (χ0v) is 7.84. The van der Waals surface area contributed by atoms with E-state index in [2.05, 4.69) is 8.75 Å². The van der Waals surface area contributed by atoms with Gasteiger partial charge in [0.15, 0.2) is 0 Å². The van der Waals surface area contributed by atoms with Gasteiger partial charge in [-0.3, -0.25) is 0 Å². The van der Waals surface area contributed by atoms with E-state index in [-0.39, 0.29) is 10.0 Å². The fraction of sp³-hybridized carbons (Fsp3) is 0. The van der Waals surface area contributed by atoms with Crippen LogP contribution < -0.4 is 0 Å². The third-order valence-electron chi connectivity index (χ3n) is 1.39. The molecule has 12 heavy (non-hydrogen) atoms. The van der Waals surface area contributed by atoms with Gasteiger partial charge in [-0.05, 0) is 6.07 Å². The van der Waals surface area contributed by atoms with E-state index in [9.17, 15) is 4.39 Å². The van der Waals surface area contributed by atoms with E-state index >= 15 is 0 Å². The molecule has 0 unspecified atom stereocenters. The van der Waals surface area contributed by atoms with Gasteiger partial charge >= 0.3 is 0 Å². The summed E-state index contributed by atoms with van der Waals surface area (Å²) in [5, 5.41) is 0.212. The highest BCUT2D eigenvalue weighted by atomic mass is 35.5. The minimum Gasteiger partial charge on any atom is -0.205 e. The highest BCUT2D eigenvalue weighted by molar-refractivity contribution is 7.00. The molecule has 2 rings (SSSR count). The Morgan fingerprint density at radius 3 is 2.67 bits per heavy atom. The third-order valence-corrected chi connectivity index (χ3v) is 2.56. The molecule has 0 spiro atoms. The van der Waals surface area contributed by atoms with Crippen LogP contribution in [0.15, 0.2) is 6.07 Å². The van der Waals surface area contributed by atoms with Crippen molar-refractivity contribution in [1.82, 2.24) is 8.75 Å². The van der Waals surface area contributed by atoms with Crippen LogP contribution in [-0.2, 0) is 0 Å². The SMILES string of the molecule is Fc1cc(Cl)c2nsnc2c1Cl. The predicted molar refractivity (Wildman–Crippen MR) is 47.4 cm³/mol. The number of hydrogen-bond acceptors (Lipinski definition) is 3. The molecule has 0 atom stereocenters. The molecule has 6 heteroatoms. The number of rotatable bonds is 0. The van der Waals surface area contributed by atoms with Crippen molar-refractivity contribution in [2.24, 2.45) is 0 Å². The molecule has 2 aromatic rings. The van der Waals surface area contributed by atoms with Gasteiger partial charge in [-0.2, -0.15) is 8.75 Å². The molecule has 0 aliphatic heterocycles. The minimum absolute atomic E-state index is 0.0249. The lowest BCUT2D eigenvalue weighted by Gasteiger charge is -1.95. The Kier molecular flexibility index (Phi) is 1.90. The predicted octanol–water partition coefficient (Wildman–Crippen LogP) is 3.14. The quantitative estimate of drug-likeness (QED) is 0.641. The van der Waals surface area contributed by atoms with E-state index in [1.165, 1.54) is 0 Å². The van der Waals surface area contributed by atoms with Crippen molar-refractivity contribution in [3.63, 3.8) is 0 Å². The summed E-state index contributed by atoms with van der Waals surface area (Å²) in [6, 6.07) is 1.13. The molecule has 1 heterocycles. The van der Waals surface area contributed by atoms with E-state index in [0.717, 1.165) is 17.8 Å². The molecule has 0 bridgehead atoms. The summed E-state index contributed by atoms with van der Waals surface area (Å²) in [4.78, 5) is 0. The first kappa shape index (κ1) is 8.16. The molecule has 0 aliphatic rings. The molecule has 0 aliphatic carbocycles. The number of fused-ring (bicyclic) bond motifs is 1. The van der Waals surface area contributed by atoms with Crippen molar-refractivity contribution >= 4 is 46.0 Å². The summed E-state index contributed by atoms with van der Waals surface area (Å²) in [7, 11) is 0. The smallest absolute Gasteiger partial charge is 0.145 e. The van der Waals surface area contributed by atoms with Crippen LogP contribution in [0.2, 0.25) is 10.0 Å². The average molecular weight is 223 g/mol. The second-order valence-electron chi connectivity index (χ2n) is 2.12. The Morgan fingerprint density at radius 2 is 1.92 bits per heavy atom. The maximum atomic E-state index is 12.9. The molecular formula is C6HCl2FN2S. The standard InChI is InChI=1S/C6HCl2FN2S/c7-2-1-3(9)4(8)6-5(2)10-12-11-6/h1H. The van der Waals surface area contributed by atoms with Crippen LogP contribution in [-0.4, -0.2) is 8.75 Å². The topological polar surface area (TPSA) is 25.8 Å². The highest BCUT2D eigenvalue weighted by Crippen LogP contribution is 2.30. The highest BCUT2D eigenvalue weighted by Gasteiger charge is 2.12. The lowest BCUT2D eigenvalue weighted by Crippen LogP contribution is -1.80. The Labute approximate surface area is 81.2 Å². The molecule has 2 nitrogen and oxygen atoms in total. The third kappa shape index (κ3) is 1.07. The summed E-state index contributed by atoms with van der Waals surface area (Å²) < 4.78 is 20.6. The summed E-state index contributed by atoms with van der Waals surface area (Å²) in [5.74, 6) is -0.568. The second-order valence-corrected chi connectivity index (χ2v) is 3.43. The average Bonchev–Trinajstić information content (AvgIpc) is 2.48. The first-order chi connectivity index (χ1) is 5.70. The van der Waals surface area contributed by atoms with Gasteiger partial charge in [0.25, 0.3) is 0 Å². The lowest BCUT2D eigenvalue weighted by molar-refractivity contribution is 0.630. The summed E-state index contributed by atoms with van der Waals surface area (Å²) >= 11 is 12.2. The van der Waals surface area contributed by atoms with E-state index in [1.807, 2.05) is 0 Å². The maximum absolute atomic E-state index is 12.9. The number of hydrogen-bond donors (Lipinski definition) is 0. The monoisotopic (exact) mass is 222 g/mol. The molecule has 1 aromatic carbocycles. The van der Waals surface area contributed by atoms with Gasteiger partial charge in [-0.25, -0.2) is 4.39 Å². The fourth-order valence-corrected chi connectivity index (χ4v) is 1.93. The van der Waals surface area contributed by atoms with Crippen molar-refractivity contribution in [3.8, 4) is 0 Å². The van der Waals surface area contributed by atoms with E-state index in [0.29, 0.717) is 11.0 Å².